The van der Waals surface area contributed by atoms with Gasteiger partial charge in [0.05, 0.1) is 25.9 Å². The van der Waals surface area contributed by atoms with Crippen molar-refractivity contribution in [2.24, 2.45) is 5.92 Å². The van der Waals surface area contributed by atoms with Crippen LogP contribution in [-0.2, 0) is 4.74 Å². The number of hydrogen-bond acceptors (Lipinski definition) is 5. The van der Waals surface area contributed by atoms with Crippen molar-refractivity contribution in [3.05, 3.63) is 24.3 Å². The van der Waals surface area contributed by atoms with E-state index in [0.717, 1.165) is 19.0 Å². The standard InChI is InChI=1S/C19H29N3O4/c1-13-6-8-22(9-7-13)11-17-18(23)16(12-26-17)21-19(24)20-14-4-3-5-15(10-14)25-2/h3-5,10,13,16-18,23H,6-9,11-12H2,1-2H3,(H2,20,21,24)/t16-,17-,18+/m0/s1. The number of benzene rings is 1. The van der Waals surface area contributed by atoms with Crippen molar-refractivity contribution in [3.63, 3.8) is 0 Å². The lowest BCUT2D eigenvalue weighted by atomic mass is 9.98. The molecule has 2 saturated heterocycles. The van der Waals surface area contributed by atoms with Crippen LogP contribution in [0.1, 0.15) is 19.8 Å². The normalized spacial score (nSPS) is 27.3. The molecule has 0 spiro atoms. The van der Waals surface area contributed by atoms with Crippen molar-refractivity contribution in [2.75, 3.05) is 38.7 Å². The number of aliphatic hydroxyl groups excluding tert-OH is 1. The van der Waals surface area contributed by atoms with Crippen LogP contribution in [0.5, 0.6) is 5.75 Å². The molecule has 1 aromatic rings. The van der Waals surface area contributed by atoms with Crippen LogP contribution in [0.2, 0.25) is 0 Å². The highest BCUT2D eigenvalue weighted by Crippen LogP contribution is 2.21. The highest BCUT2D eigenvalue weighted by Gasteiger charge is 2.38. The number of rotatable bonds is 5. The van der Waals surface area contributed by atoms with Gasteiger partial charge < -0.3 is 30.1 Å². The van der Waals surface area contributed by atoms with Crippen LogP contribution in [0, 0.1) is 5.92 Å². The van der Waals surface area contributed by atoms with Gasteiger partial charge in [-0.3, -0.25) is 0 Å². The molecule has 1 aromatic carbocycles. The fraction of sp³-hybridized carbons (Fsp3) is 0.632. The summed E-state index contributed by atoms with van der Waals surface area (Å²) in [5, 5.41) is 16.1. The Morgan fingerprint density at radius 2 is 2.15 bits per heavy atom. The third kappa shape index (κ3) is 4.87. The Morgan fingerprint density at radius 3 is 2.88 bits per heavy atom. The minimum atomic E-state index is -0.703. The van der Waals surface area contributed by atoms with Crippen molar-refractivity contribution < 1.29 is 19.4 Å². The van der Waals surface area contributed by atoms with Gasteiger partial charge in [0.2, 0.25) is 0 Å². The number of nitrogens with one attached hydrogen (secondary N) is 2. The lowest BCUT2D eigenvalue weighted by Crippen LogP contribution is -2.48. The number of nitrogens with zero attached hydrogens (tertiary/aromatic N) is 1. The number of carbonyl (C=O) groups excluding carboxylic acids is 1. The highest BCUT2D eigenvalue weighted by atomic mass is 16.5. The van der Waals surface area contributed by atoms with Crippen LogP contribution < -0.4 is 15.4 Å². The molecule has 26 heavy (non-hydrogen) atoms. The van der Waals surface area contributed by atoms with E-state index < -0.39 is 12.1 Å². The fourth-order valence-electron chi connectivity index (χ4n) is 3.51. The summed E-state index contributed by atoms with van der Waals surface area (Å²) in [6.45, 7) is 5.40. The average molecular weight is 363 g/mol. The number of piperidine rings is 1. The highest BCUT2D eigenvalue weighted by molar-refractivity contribution is 5.89. The van der Waals surface area contributed by atoms with Gasteiger partial charge >= 0.3 is 6.03 Å². The number of ether oxygens (including phenoxy) is 2. The van der Waals surface area contributed by atoms with Crippen molar-refractivity contribution >= 4 is 11.7 Å². The molecule has 3 rings (SSSR count). The van der Waals surface area contributed by atoms with Crippen molar-refractivity contribution in [3.8, 4) is 5.75 Å². The van der Waals surface area contributed by atoms with E-state index in [1.807, 2.05) is 6.07 Å². The summed E-state index contributed by atoms with van der Waals surface area (Å²) >= 11 is 0. The molecule has 2 heterocycles. The molecule has 144 valence electrons. The third-order valence-corrected chi connectivity index (χ3v) is 5.24. The van der Waals surface area contributed by atoms with E-state index in [2.05, 4.69) is 22.5 Å². The summed E-state index contributed by atoms with van der Waals surface area (Å²) in [5.41, 5.74) is 0.634. The molecule has 3 N–H and O–H groups in total. The molecule has 0 saturated carbocycles. The van der Waals surface area contributed by atoms with Gasteiger partial charge in [0.1, 0.15) is 11.9 Å². The Morgan fingerprint density at radius 1 is 1.38 bits per heavy atom. The van der Waals surface area contributed by atoms with Crippen LogP contribution in [0.4, 0.5) is 10.5 Å². The monoisotopic (exact) mass is 363 g/mol. The second-order valence-electron chi connectivity index (χ2n) is 7.28. The second-order valence-corrected chi connectivity index (χ2v) is 7.28. The number of anilines is 1. The van der Waals surface area contributed by atoms with Crippen molar-refractivity contribution in [1.29, 1.82) is 0 Å². The molecule has 0 radical (unpaired) electrons. The van der Waals surface area contributed by atoms with Gasteiger partial charge in [0.25, 0.3) is 0 Å². The quantitative estimate of drug-likeness (QED) is 0.741. The minimum absolute atomic E-state index is 0.259. The number of likely N-dealkylation sites (tertiary alicyclic amines) is 1. The van der Waals surface area contributed by atoms with Crippen LogP contribution >= 0.6 is 0 Å². The first-order valence-corrected chi connectivity index (χ1v) is 9.28. The van der Waals surface area contributed by atoms with Gasteiger partial charge in [0.15, 0.2) is 0 Å². The summed E-state index contributed by atoms with van der Waals surface area (Å²) in [7, 11) is 1.58. The molecule has 2 aliphatic heterocycles. The average Bonchev–Trinajstić information content (AvgIpc) is 2.97. The molecule has 2 amide bonds. The Kier molecular flexibility index (Phi) is 6.34. The number of aliphatic hydroxyl groups is 1. The second kappa shape index (κ2) is 8.70. The first-order valence-electron chi connectivity index (χ1n) is 9.28. The van der Waals surface area contributed by atoms with Gasteiger partial charge in [-0.25, -0.2) is 4.79 Å². The van der Waals surface area contributed by atoms with Crippen LogP contribution in [-0.4, -0.2) is 67.6 Å². The van der Waals surface area contributed by atoms with E-state index >= 15 is 0 Å². The number of carbonyl (C=O) groups is 1. The Hall–Kier alpha value is -1.83. The predicted octanol–water partition coefficient (Wildman–Crippen LogP) is 1.68. The van der Waals surface area contributed by atoms with E-state index in [1.165, 1.54) is 12.8 Å². The molecular formula is C19H29N3O4. The SMILES string of the molecule is COc1cccc(NC(=O)N[C@H]2CO[C@@H](CN3CCC(C)CC3)[C@@H]2O)c1. The van der Waals surface area contributed by atoms with Crippen LogP contribution in [0.15, 0.2) is 24.3 Å². The topological polar surface area (TPSA) is 83.1 Å². The Balaban J connectivity index is 1.47. The molecule has 2 fully saturated rings. The van der Waals surface area contributed by atoms with Gasteiger partial charge in [-0.05, 0) is 44.0 Å². The molecule has 0 aliphatic carbocycles. The van der Waals surface area contributed by atoms with Gasteiger partial charge in [-0.15, -0.1) is 0 Å². The van der Waals surface area contributed by atoms with E-state index in [4.69, 9.17) is 9.47 Å². The largest absolute Gasteiger partial charge is 0.497 e. The van der Waals surface area contributed by atoms with Crippen LogP contribution in [0.3, 0.4) is 0 Å². The molecule has 7 heteroatoms. The Bertz CT molecular complexity index is 604. The summed E-state index contributed by atoms with van der Waals surface area (Å²) < 4.78 is 10.9. The molecule has 0 unspecified atom stereocenters. The maximum Gasteiger partial charge on any atom is 0.319 e. The van der Waals surface area contributed by atoms with Crippen molar-refractivity contribution in [1.82, 2.24) is 10.2 Å². The Labute approximate surface area is 154 Å². The molecule has 0 aromatic heterocycles. The zero-order valence-corrected chi connectivity index (χ0v) is 15.5. The van der Waals surface area contributed by atoms with E-state index in [9.17, 15) is 9.90 Å². The molecule has 3 atom stereocenters. The maximum atomic E-state index is 12.2. The van der Waals surface area contributed by atoms with E-state index in [1.54, 1.807) is 25.3 Å². The first-order chi connectivity index (χ1) is 12.5. The smallest absolute Gasteiger partial charge is 0.319 e. The maximum absolute atomic E-state index is 12.2. The molecule has 0 bridgehead atoms. The molecule has 7 nitrogen and oxygen atoms in total. The number of urea groups is 1. The molecule has 2 aliphatic rings. The van der Waals surface area contributed by atoms with E-state index in [-0.39, 0.29) is 12.1 Å². The van der Waals surface area contributed by atoms with Crippen molar-refractivity contribution in [2.45, 2.75) is 38.0 Å². The fourth-order valence-corrected chi connectivity index (χ4v) is 3.51. The summed E-state index contributed by atoms with van der Waals surface area (Å²) in [6.07, 6.45) is 1.41. The first kappa shape index (κ1) is 18.9. The number of amides is 2. The number of hydrogen-bond donors (Lipinski definition) is 3. The van der Waals surface area contributed by atoms with Crippen LogP contribution in [0.25, 0.3) is 0 Å². The zero-order chi connectivity index (χ0) is 18.5. The molecular weight excluding hydrogens is 334 g/mol. The lowest BCUT2D eigenvalue weighted by Gasteiger charge is -2.32. The zero-order valence-electron chi connectivity index (χ0n) is 15.5. The number of methoxy groups -OCH3 is 1. The van der Waals surface area contributed by atoms with Gasteiger partial charge in [-0.2, -0.15) is 0 Å². The minimum Gasteiger partial charge on any atom is -0.497 e. The summed E-state index contributed by atoms with van der Waals surface area (Å²) in [4.78, 5) is 14.5. The predicted molar refractivity (Wildman–Crippen MR) is 99.5 cm³/mol. The van der Waals surface area contributed by atoms with E-state index in [0.29, 0.717) is 24.6 Å². The summed E-state index contributed by atoms with van der Waals surface area (Å²) in [6, 6.07) is 6.36. The van der Waals surface area contributed by atoms with Gasteiger partial charge in [-0.1, -0.05) is 13.0 Å². The lowest BCUT2D eigenvalue weighted by molar-refractivity contribution is 0.00883. The summed E-state index contributed by atoms with van der Waals surface area (Å²) in [5.74, 6) is 1.44. The van der Waals surface area contributed by atoms with Gasteiger partial charge in [0, 0.05) is 18.3 Å². The third-order valence-electron chi connectivity index (χ3n) is 5.24.